The molecule has 15 heteroatoms. The average molecular weight is 533 g/mol. The number of halogens is 7. The van der Waals surface area contributed by atoms with E-state index in [1.807, 2.05) is 0 Å². The van der Waals surface area contributed by atoms with Gasteiger partial charge in [-0.25, -0.2) is 32.5 Å². The Kier molecular flexibility index (Phi) is 8.03. The smallest absolute Gasteiger partial charge is 0.394 e. The number of aromatic nitrogens is 3. The Morgan fingerprint density at radius 2 is 1.89 bits per heavy atom. The summed E-state index contributed by atoms with van der Waals surface area (Å²) >= 11 is 0. The van der Waals surface area contributed by atoms with E-state index in [2.05, 4.69) is 25.3 Å². The number of anilines is 1. The van der Waals surface area contributed by atoms with Gasteiger partial charge in [0.05, 0.1) is 36.1 Å². The molecule has 8 nitrogen and oxygen atoms in total. The van der Waals surface area contributed by atoms with Crippen molar-refractivity contribution < 1.29 is 35.5 Å². The van der Waals surface area contributed by atoms with Gasteiger partial charge in [0.15, 0.2) is 23.3 Å². The summed E-state index contributed by atoms with van der Waals surface area (Å²) < 4.78 is 94.7. The Hall–Kier alpha value is -3.78. The monoisotopic (exact) mass is 533 g/mol. The van der Waals surface area contributed by atoms with Crippen molar-refractivity contribution in [3.05, 3.63) is 53.4 Å². The number of alkyl halides is 5. The fourth-order valence-corrected chi connectivity index (χ4v) is 3.90. The third-order valence-corrected chi connectivity index (χ3v) is 5.63. The van der Waals surface area contributed by atoms with Gasteiger partial charge in [-0.1, -0.05) is 6.92 Å². The molecule has 0 aromatic carbocycles. The molecule has 1 aliphatic rings. The van der Waals surface area contributed by atoms with Crippen LogP contribution >= 0.6 is 0 Å². The minimum atomic E-state index is -4.81. The molecule has 200 valence electrons. The maximum Gasteiger partial charge on any atom is 0.417 e. The molecule has 0 aliphatic carbocycles. The van der Waals surface area contributed by atoms with Gasteiger partial charge in [-0.05, 0) is 12.0 Å². The van der Waals surface area contributed by atoms with E-state index in [9.17, 15) is 35.5 Å². The summed E-state index contributed by atoms with van der Waals surface area (Å²) in [5.41, 5.74) is 4.02. The molecule has 0 radical (unpaired) electrons. The highest BCUT2D eigenvalue weighted by Crippen LogP contribution is 2.36. The molecule has 1 saturated heterocycles. The van der Waals surface area contributed by atoms with Crippen molar-refractivity contribution in [3.8, 4) is 0 Å². The summed E-state index contributed by atoms with van der Waals surface area (Å²) in [6.45, 7) is 0.0798. The number of pyridine rings is 1. The van der Waals surface area contributed by atoms with Gasteiger partial charge in [0.2, 0.25) is 0 Å². The molecule has 2 aromatic heterocycles. The second kappa shape index (κ2) is 10.7. The molecule has 3 N–H and O–H groups in total. The number of nitrogens with one attached hydrogen (secondary N) is 1. The topological polar surface area (TPSA) is 109 Å². The minimum Gasteiger partial charge on any atom is -0.394 e. The number of hydrogen-bond acceptors (Lipinski definition) is 7. The quantitative estimate of drug-likeness (QED) is 0.334. The van der Waals surface area contributed by atoms with Crippen LogP contribution in [-0.4, -0.2) is 64.1 Å². The number of carbonyl (C=O) groups excluding carboxylic acids is 1. The average Bonchev–Trinajstić information content (AvgIpc) is 2.81. The number of allylic oxidation sites excluding steroid dienone is 1. The van der Waals surface area contributed by atoms with Crippen molar-refractivity contribution in [1.82, 2.24) is 19.9 Å². The number of piperidine rings is 1. The Balaban J connectivity index is 1.92. The first-order valence-electron chi connectivity index (χ1n) is 10.8. The predicted molar refractivity (Wildman–Crippen MR) is 119 cm³/mol. The maximum absolute atomic E-state index is 14.5. The zero-order valence-electron chi connectivity index (χ0n) is 19.5. The van der Waals surface area contributed by atoms with Crippen molar-refractivity contribution in [1.29, 1.82) is 0 Å². The zero-order chi connectivity index (χ0) is 27.5. The van der Waals surface area contributed by atoms with Crippen LogP contribution in [0.15, 0.2) is 35.3 Å². The first-order valence-corrected chi connectivity index (χ1v) is 10.8. The largest absolute Gasteiger partial charge is 0.417 e. The van der Waals surface area contributed by atoms with E-state index >= 15 is 0 Å². The van der Waals surface area contributed by atoms with Crippen molar-refractivity contribution in [3.63, 3.8) is 0 Å². The Labute approximate surface area is 206 Å². The van der Waals surface area contributed by atoms with Crippen molar-refractivity contribution in [2.24, 2.45) is 16.6 Å². The van der Waals surface area contributed by atoms with Crippen molar-refractivity contribution in [2.75, 3.05) is 25.5 Å². The molecule has 0 unspecified atom stereocenters. The molecule has 0 spiro atoms. The van der Waals surface area contributed by atoms with Crippen LogP contribution in [0, 0.1) is 17.6 Å². The lowest BCUT2D eigenvalue weighted by molar-refractivity contribution is -0.148. The number of nitrogens with two attached hydrogens (primary N) is 1. The van der Waals surface area contributed by atoms with Crippen LogP contribution in [0.3, 0.4) is 0 Å². The number of amides is 1. The van der Waals surface area contributed by atoms with E-state index in [-0.39, 0.29) is 24.0 Å². The highest BCUT2D eigenvalue weighted by Gasteiger charge is 2.46. The van der Waals surface area contributed by atoms with E-state index in [0.717, 1.165) is 23.5 Å². The van der Waals surface area contributed by atoms with E-state index in [1.165, 1.54) is 14.0 Å². The Morgan fingerprint density at radius 1 is 1.24 bits per heavy atom. The number of hydrogen-bond donors (Lipinski definition) is 2. The third kappa shape index (κ3) is 6.51. The second-order valence-electron chi connectivity index (χ2n) is 8.41. The van der Waals surface area contributed by atoms with Gasteiger partial charge in [0.25, 0.3) is 11.8 Å². The number of nitrogens with zero attached hydrogens (tertiary/aromatic N) is 5. The fourth-order valence-electron chi connectivity index (χ4n) is 3.90. The molecule has 0 saturated carbocycles. The summed E-state index contributed by atoms with van der Waals surface area (Å²) in [5, 5.41) is 2.49. The molecular weight excluding hydrogens is 511 g/mol. The Morgan fingerprint density at radius 3 is 2.46 bits per heavy atom. The standard InChI is InChI=1S/C22H22F7N7O/c1-11-4-21(25,26)10-36(16(11)9-35-19-15(24)3-12(5-32-19)22(27,28)29)20(37)17(30)14(8-31-2)18-33-6-13(23)7-34-18/h3,5-8,11,16H,4,9-10,30H2,1-2H3,(H,32,35)/t11-,16-/m1/s1. The first kappa shape index (κ1) is 27.8. The highest BCUT2D eigenvalue weighted by molar-refractivity contribution is 6.17. The lowest BCUT2D eigenvalue weighted by Crippen LogP contribution is -2.58. The van der Waals surface area contributed by atoms with Crippen LogP contribution in [0.25, 0.3) is 5.57 Å². The SMILES string of the molecule is CN=CC(=C(N)C(=O)N1CC(F)(F)C[C@@H](C)[C@H]1CNc1ncc(C(F)(F)F)cc1F)c1ncc(F)cn1. The molecule has 2 atom stereocenters. The maximum atomic E-state index is 14.5. The molecule has 3 rings (SSSR count). The van der Waals surface area contributed by atoms with Crippen LogP contribution in [0.4, 0.5) is 36.6 Å². The third-order valence-electron chi connectivity index (χ3n) is 5.63. The molecule has 1 fully saturated rings. The summed E-state index contributed by atoms with van der Waals surface area (Å²) in [6, 6.07) is -0.737. The minimum absolute atomic E-state index is 0.142. The van der Waals surface area contributed by atoms with Crippen molar-refractivity contribution in [2.45, 2.75) is 31.5 Å². The number of aliphatic imine (C=N–C) groups is 1. The van der Waals surface area contributed by atoms with Gasteiger partial charge in [0, 0.05) is 32.4 Å². The lowest BCUT2D eigenvalue weighted by Gasteiger charge is -2.43. The summed E-state index contributed by atoms with van der Waals surface area (Å²) in [7, 11) is 1.34. The van der Waals surface area contributed by atoms with Crippen LogP contribution in [0.5, 0.6) is 0 Å². The summed E-state index contributed by atoms with van der Waals surface area (Å²) in [5.74, 6) is -7.96. The molecule has 0 bridgehead atoms. The second-order valence-corrected chi connectivity index (χ2v) is 8.41. The van der Waals surface area contributed by atoms with E-state index in [0.29, 0.717) is 6.20 Å². The highest BCUT2D eigenvalue weighted by atomic mass is 19.4. The zero-order valence-corrected chi connectivity index (χ0v) is 19.5. The van der Waals surface area contributed by atoms with Gasteiger partial charge in [0.1, 0.15) is 5.70 Å². The number of carbonyl (C=O) groups is 1. The Bertz CT molecular complexity index is 1200. The summed E-state index contributed by atoms with van der Waals surface area (Å²) in [4.78, 5) is 28.8. The molecule has 3 heterocycles. The van der Waals surface area contributed by atoms with Gasteiger partial charge in [-0.15, -0.1) is 0 Å². The number of rotatable bonds is 6. The van der Waals surface area contributed by atoms with Crippen LogP contribution in [0.1, 0.15) is 24.7 Å². The predicted octanol–water partition coefficient (Wildman–Crippen LogP) is 3.52. The molecule has 1 aliphatic heterocycles. The van der Waals surface area contributed by atoms with Gasteiger partial charge < -0.3 is 16.0 Å². The van der Waals surface area contributed by atoms with Gasteiger partial charge in [-0.3, -0.25) is 9.79 Å². The van der Waals surface area contributed by atoms with E-state index in [1.54, 1.807) is 0 Å². The molecule has 37 heavy (non-hydrogen) atoms. The summed E-state index contributed by atoms with van der Waals surface area (Å²) in [6.07, 6.45) is -2.25. The first-order chi connectivity index (χ1) is 17.2. The normalized spacial score (nSPS) is 20.6. The van der Waals surface area contributed by atoms with Crippen LogP contribution < -0.4 is 11.1 Å². The number of likely N-dealkylation sites (tertiary alicyclic amines) is 1. The van der Waals surface area contributed by atoms with Crippen molar-refractivity contribution >= 4 is 23.5 Å². The fraction of sp³-hybridized carbons (Fsp3) is 0.409. The van der Waals surface area contributed by atoms with Gasteiger partial charge >= 0.3 is 6.18 Å². The molecule has 2 aromatic rings. The molecule has 1 amide bonds. The van der Waals surface area contributed by atoms with E-state index in [4.69, 9.17) is 5.73 Å². The van der Waals surface area contributed by atoms with Gasteiger partial charge in [-0.2, -0.15) is 13.2 Å². The van der Waals surface area contributed by atoms with Crippen LogP contribution in [0.2, 0.25) is 0 Å². The molecular formula is C22H22F7N7O. The lowest BCUT2D eigenvalue weighted by atomic mass is 9.88. The van der Waals surface area contributed by atoms with Crippen LogP contribution in [-0.2, 0) is 11.0 Å². The van der Waals surface area contributed by atoms with E-state index < -0.39 is 71.6 Å².